The van der Waals surface area contributed by atoms with Gasteiger partial charge in [-0.3, -0.25) is 14.3 Å². The van der Waals surface area contributed by atoms with Crippen LogP contribution >= 0.6 is 22.6 Å². The van der Waals surface area contributed by atoms with E-state index in [1.165, 1.54) is 10.8 Å². The summed E-state index contributed by atoms with van der Waals surface area (Å²) in [5.74, 6) is 0. The van der Waals surface area contributed by atoms with Gasteiger partial charge in [-0.1, -0.05) is 0 Å². The molecule has 1 heterocycles. The molecule has 5 nitrogen and oxygen atoms in total. The fourth-order valence-electron chi connectivity index (χ4n) is 1.17. The summed E-state index contributed by atoms with van der Waals surface area (Å²) in [6.07, 6.45) is -2.74. The molecule has 0 aliphatic heterocycles. The largest absolute Gasteiger partial charge is 0.411 e. The molecule has 0 spiro atoms. The highest BCUT2D eigenvalue weighted by Gasteiger charge is 2.27. The number of alkyl halides is 3. The molecule has 0 saturated heterocycles. The van der Waals surface area contributed by atoms with Crippen molar-refractivity contribution >= 4 is 22.6 Å². The topological polar surface area (TPSA) is 64.1 Å². The van der Waals surface area contributed by atoms with Crippen LogP contribution in [0.5, 0.6) is 0 Å². The Bertz CT molecular complexity index is 509. The fraction of sp³-hybridized carbons (Fsp3) is 0.556. The van der Waals surface area contributed by atoms with Crippen molar-refractivity contribution in [2.45, 2.75) is 19.1 Å². The summed E-state index contributed by atoms with van der Waals surface area (Å²) in [5, 5.41) is 0. The van der Waals surface area contributed by atoms with E-state index in [1.54, 1.807) is 22.6 Å². The molecule has 18 heavy (non-hydrogen) atoms. The van der Waals surface area contributed by atoms with Gasteiger partial charge in [0.1, 0.15) is 6.61 Å². The van der Waals surface area contributed by atoms with Crippen LogP contribution in [0.15, 0.2) is 15.8 Å². The van der Waals surface area contributed by atoms with Crippen molar-refractivity contribution in [3.05, 3.63) is 30.6 Å². The first-order valence-electron chi connectivity index (χ1n) is 4.93. The highest BCUT2D eigenvalue weighted by molar-refractivity contribution is 14.1. The molecule has 0 unspecified atom stereocenters. The lowest BCUT2D eigenvalue weighted by atomic mass is 10.4. The van der Waals surface area contributed by atoms with Crippen LogP contribution in [0.2, 0.25) is 0 Å². The van der Waals surface area contributed by atoms with Crippen LogP contribution < -0.4 is 11.2 Å². The number of hydrogen-bond donors (Lipinski definition) is 1. The van der Waals surface area contributed by atoms with Crippen molar-refractivity contribution in [1.29, 1.82) is 0 Å². The Morgan fingerprint density at radius 3 is 2.67 bits per heavy atom. The third-order valence-corrected chi connectivity index (χ3v) is 2.69. The van der Waals surface area contributed by atoms with E-state index in [0.717, 1.165) is 0 Å². The van der Waals surface area contributed by atoms with E-state index < -0.39 is 24.0 Å². The van der Waals surface area contributed by atoms with Gasteiger partial charge in [0, 0.05) is 19.3 Å². The number of nitrogens with zero attached hydrogens (tertiary/aromatic N) is 1. The molecular weight excluding hydrogens is 368 g/mol. The summed E-state index contributed by atoms with van der Waals surface area (Å²) in [7, 11) is 0. The van der Waals surface area contributed by atoms with Crippen LogP contribution in [0.1, 0.15) is 6.42 Å². The van der Waals surface area contributed by atoms with Crippen molar-refractivity contribution in [3.8, 4) is 0 Å². The molecule has 0 aromatic carbocycles. The maximum atomic E-state index is 11.7. The van der Waals surface area contributed by atoms with E-state index in [-0.39, 0.29) is 19.6 Å². The summed E-state index contributed by atoms with van der Waals surface area (Å²) in [6, 6.07) is 0. The van der Waals surface area contributed by atoms with Gasteiger partial charge in [-0.2, -0.15) is 13.2 Å². The zero-order valence-corrected chi connectivity index (χ0v) is 11.2. The van der Waals surface area contributed by atoms with Crippen molar-refractivity contribution in [2.24, 2.45) is 0 Å². The van der Waals surface area contributed by atoms with Gasteiger partial charge >= 0.3 is 11.9 Å². The average Bonchev–Trinajstić information content (AvgIpc) is 2.23. The Kier molecular flexibility index (Phi) is 5.38. The van der Waals surface area contributed by atoms with Crippen LogP contribution in [0.4, 0.5) is 13.2 Å². The molecule has 0 atom stereocenters. The lowest BCUT2D eigenvalue weighted by molar-refractivity contribution is -0.174. The average molecular weight is 378 g/mol. The SMILES string of the molecule is O=c1[nH]c(=O)n(CCCOCC(F)(F)F)cc1I. The van der Waals surface area contributed by atoms with Gasteiger partial charge in [-0.05, 0) is 29.0 Å². The quantitative estimate of drug-likeness (QED) is 0.617. The van der Waals surface area contributed by atoms with Crippen molar-refractivity contribution in [3.63, 3.8) is 0 Å². The van der Waals surface area contributed by atoms with E-state index >= 15 is 0 Å². The number of H-pyrrole nitrogens is 1. The Morgan fingerprint density at radius 1 is 1.39 bits per heavy atom. The van der Waals surface area contributed by atoms with Crippen LogP contribution in [-0.2, 0) is 11.3 Å². The number of halogens is 4. The molecule has 1 rings (SSSR count). The van der Waals surface area contributed by atoms with E-state index in [4.69, 9.17) is 0 Å². The second-order valence-electron chi connectivity index (χ2n) is 3.45. The minimum absolute atomic E-state index is 0.109. The number of hydrogen-bond acceptors (Lipinski definition) is 3. The Labute approximate surface area is 113 Å². The summed E-state index contributed by atoms with van der Waals surface area (Å²) in [4.78, 5) is 24.4. The second kappa shape index (κ2) is 6.36. The summed E-state index contributed by atoms with van der Waals surface area (Å²) >= 11 is 1.76. The molecule has 1 aromatic heterocycles. The summed E-state index contributed by atoms with van der Waals surface area (Å²) in [5.41, 5.74) is -1.07. The predicted molar refractivity (Wildman–Crippen MR) is 65.5 cm³/mol. The molecule has 0 aliphatic carbocycles. The smallest absolute Gasteiger partial charge is 0.372 e. The van der Waals surface area contributed by atoms with E-state index in [1.807, 2.05) is 0 Å². The number of aryl methyl sites for hydroxylation is 1. The molecule has 1 N–H and O–H groups in total. The van der Waals surface area contributed by atoms with Gasteiger partial charge in [0.05, 0.1) is 3.57 Å². The highest BCUT2D eigenvalue weighted by Crippen LogP contribution is 2.14. The van der Waals surface area contributed by atoms with Gasteiger partial charge in [-0.25, -0.2) is 4.79 Å². The van der Waals surface area contributed by atoms with Crippen molar-refractivity contribution in [1.82, 2.24) is 9.55 Å². The number of aromatic amines is 1. The van der Waals surface area contributed by atoms with Crippen molar-refractivity contribution in [2.75, 3.05) is 13.2 Å². The van der Waals surface area contributed by atoms with Crippen LogP contribution in [-0.4, -0.2) is 28.9 Å². The van der Waals surface area contributed by atoms with Gasteiger partial charge < -0.3 is 4.74 Å². The molecule has 9 heteroatoms. The molecule has 0 radical (unpaired) electrons. The molecular formula is C9H10F3IN2O3. The van der Waals surface area contributed by atoms with Gasteiger partial charge in [-0.15, -0.1) is 0 Å². The number of ether oxygens (including phenoxy) is 1. The number of aromatic nitrogens is 2. The summed E-state index contributed by atoms with van der Waals surface area (Å²) in [6.45, 7) is -1.23. The molecule has 102 valence electrons. The van der Waals surface area contributed by atoms with Crippen LogP contribution in [0, 0.1) is 3.57 Å². The Hall–Kier alpha value is -0.840. The molecule has 0 aliphatic rings. The van der Waals surface area contributed by atoms with E-state index in [9.17, 15) is 22.8 Å². The number of rotatable bonds is 5. The maximum absolute atomic E-state index is 11.7. The lowest BCUT2D eigenvalue weighted by Gasteiger charge is -2.08. The van der Waals surface area contributed by atoms with Gasteiger partial charge in [0.15, 0.2) is 0 Å². The maximum Gasteiger partial charge on any atom is 0.411 e. The van der Waals surface area contributed by atoms with Crippen molar-refractivity contribution < 1.29 is 17.9 Å². The molecule has 1 aromatic rings. The Morgan fingerprint density at radius 2 is 2.06 bits per heavy atom. The molecule has 0 fully saturated rings. The zero-order valence-electron chi connectivity index (χ0n) is 9.09. The third kappa shape index (κ3) is 5.21. The number of nitrogens with one attached hydrogen (secondary N) is 1. The standard InChI is InChI=1S/C9H10F3IN2O3/c10-9(11,12)5-18-3-1-2-15-4-6(13)7(16)14-8(15)17/h4H,1-3,5H2,(H,14,16,17). The van der Waals surface area contributed by atoms with Crippen LogP contribution in [0.3, 0.4) is 0 Å². The minimum Gasteiger partial charge on any atom is -0.372 e. The van der Waals surface area contributed by atoms with E-state index in [0.29, 0.717) is 3.57 Å². The molecule has 0 amide bonds. The first-order valence-corrected chi connectivity index (χ1v) is 6.01. The highest BCUT2D eigenvalue weighted by atomic mass is 127. The van der Waals surface area contributed by atoms with Gasteiger partial charge in [0.2, 0.25) is 0 Å². The second-order valence-corrected chi connectivity index (χ2v) is 4.61. The lowest BCUT2D eigenvalue weighted by Crippen LogP contribution is -2.31. The first-order chi connectivity index (χ1) is 8.29. The first kappa shape index (κ1) is 15.2. The van der Waals surface area contributed by atoms with E-state index in [2.05, 4.69) is 9.72 Å². The third-order valence-electron chi connectivity index (χ3n) is 1.92. The minimum atomic E-state index is -4.34. The zero-order chi connectivity index (χ0) is 13.8. The monoisotopic (exact) mass is 378 g/mol. The summed E-state index contributed by atoms with van der Waals surface area (Å²) < 4.78 is 41.2. The van der Waals surface area contributed by atoms with Crippen LogP contribution in [0.25, 0.3) is 0 Å². The molecule has 0 bridgehead atoms. The normalized spacial score (nSPS) is 11.8. The Balaban J connectivity index is 2.43. The molecule has 0 saturated carbocycles. The van der Waals surface area contributed by atoms with Gasteiger partial charge in [0.25, 0.3) is 5.56 Å². The fourth-order valence-corrected chi connectivity index (χ4v) is 1.64. The predicted octanol–water partition coefficient (Wildman–Crippen LogP) is 1.11.